The number of fused-ring (bicyclic) bond motifs is 2. The van der Waals surface area contributed by atoms with E-state index in [0.717, 1.165) is 47.6 Å². The van der Waals surface area contributed by atoms with Gasteiger partial charge >= 0.3 is 12.1 Å². The number of benzene rings is 3. The summed E-state index contributed by atoms with van der Waals surface area (Å²) in [6, 6.07) is 14.4. The molecule has 0 radical (unpaired) electrons. The number of aromatic nitrogens is 3. The molecule has 2 aromatic heterocycles. The van der Waals surface area contributed by atoms with E-state index in [-0.39, 0.29) is 24.8 Å². The lowest BCUT2D eigenvalue weighted by atomic mass is 10.0. The van der Waals surface area contributed by atoms with Crippen LogP contribution >= 0.6 is 11.7 Å². The summed E-state index contributed by atoms with van der Waals surface area (Å²) in [4.78, 5) is 24.5. The molecule has 3 aromatic carbocycles. The fraction of sp³-hybridized carbons (Fsp3) is 0.333. The van der Waals surface area contributed by atoms with Gasteiger partial charge in [0.25, 0.3) is 0 Å². The third-order valence-electron chi connectivity index (χ3n) is 7.22. The Hall–Kier alpha value is -5.04. The van der Waals surface area contributed by atoms with Crippen molar-refractivity contribution in [1.82, 2.24) is 13.3 Å². The summed E-state index contributed by atoms with van der Waals surface area (Å²) in [6.07, 6.45) is 2.04. The molecule has 242 valence electrons. The lowest BCUT2D eigenvalue weighted by Gasteiger charge is -2.15. The Bertz CT molecular complexity index is 1850. The Morgan fingerprint density at radius 1 is 0.891 bits per heavy atom. The van der Waals surface area contributed by atoms with Gasteiger partial charge in [-0.3, -0.25) is 0 Å². The SMILES string of the molecule is CCCCCOc1cc2c(cc1OC)c(-c1ccc(OC)cc1OCC(=O)O)c(OC(=O)OCC)n2Cc1ccc2nsnc2c1. The molecule has 5 aromatic rings. The second kappa shape index (κ2) is 14.8. The van der Waals surface area contributed by atoms with Gasteiger partial charge in [0, 0.05) is 23.1 Å². The minimum atomic E-state index is -1.15. The van der Waals surface area contributed by atoms with Crippen molar-refractivity contribution in [3.8, 4) is 40.0 Å². The van der Waals surface area contributed by atoms with Crippen molar-refractivity contribution < 1.29 is 43.1 Å². The number of carboxylic acids is 1. The van der Waals surface area contributed by atoms with Crippen molar-refractivity contribution in [2.75, 3.05) is 34.0 Å². The monoisotopic (exact) mass is 649 g/mol. The van der Waals surface area contributed by atoms with E-state index < -0.39 is 18.7 Å². The molecule has 13 heteroatoms. The van der Waals surface area contributed by atoms with E-state index in [1.165, 1.54) is 7.11 Å². The summed E-state index contributed by atoms with van der Waals surface area (Å²) in [5.74, 6) is 0.657. The van der Waals surface area contributed by atoms with Crippen molar-refractivity contribution in [3.63, 3.8) is 0 Å². The highest BCUT2D eigenvalue weighted by Gasteiger charge is 2.28. The molecule has 0 saturated carbocycles. The Morgan fingerprint density at radius 3 is 2.46 bits per heavy atom. The average Bonchev–Trinajstić information content (AvgIpc) is 3.63. The number of unbranched alkanes of at least 4 members (excludes halogenated alkanes) is 2. The van der Waals surface area contributed by atoms with Crippen LogP contribution in [0.3, 0.4) is 0 Å². The Morgan fingerprint density at radius 2 is 1.72 bits per heavy atom. The normalized spacial score (nSPS) is 11.0. The molecule has 5 rings (SSSR count). The molecule has 46 heavy (non-hydrogen) atoms. The zero-order chi connectivity index (χ0) is 32.6. The number of rotatable bonds is 15. The summed E-state index contributed by atoms with van der Waals surface area (Å²) >= 11 is 1.13. The molecule has 0 spiro atoms. The van der Waals surface area contributed by atoms with Gasteiger partial charge < -0.3 is 38.1 Å². The van der Waals surface area contributed by atoms with Crippen LogP contribution in [-0.4, -0.2) is 64.6 Å². The van der Waals surface area contributed by atoms with Crippen LogP contribution in [0.1, 0.15) is 38.7 Å². The van der Waals surface area contributed by atoms with Crippen LogP contribution in [0.4, 0.5) is 4.79 Å². The lowest BCUT2D eigenvalue weighted by Crippen LogP contribution is -2.14. The fourth-order valence-electron chi connectivity index (χ4n) is 5.09. The molecule has 0 atom stereocenters. The van der Waals surface area contributed by atoms with Crippen LogP contribution in [0.5, 0.6) is 28.9 Å². The third-order valence-corrected chi connectivity index (χ3v) is 7.77. The van der Waals surface area contributed by atoms with E-state index in [1.54, 1.807) is 32.2 Å². The number of hydrogen-bond acceptors (Lipinski definition) is 11. The van der Waals surface area contributed by atoms with Crippen molar-refractivity contribution in [1.29, 1.82) is 0 Å². The molecule has 0 unspecified atom stereocenters. The predicted octanol–water partition coefficient (Wildman–Crippen LogP) is 6.95. The highest BCUT2D eigenvalue weighted by atomic mass is 32.1. The van der Waals surface area contributed by atoms with Gasteiger partial charge in [0.2, 0.25) is 5.88 Å². The first kappa shape index (κ1) is 32.4. The van der Waals surface area contributed by atoms with E-state index in [0.29, 0.717) is 45.9 Å². The fourth-order valence-corrected chi connectivity index (χ4v) is 5.61. The van der Waals surface area contributed by atoms with Crippen LogP contribution in [-0.2, 0) is 16.1 Å². The number of carboxylic acid groups (broad SMARTS) is 1. The molecule has 0 aliphatic carbocycles. The van der Waals surface area contributed by atoms with Gasteiger partial charge in [-0.15, -0.1) is 0 Å². The van der Waals surface area contributed by atoms with E-state index >= 15 is 0 Å². The lowest BCUT2D eigenvalue weighted by molar-refractivity contribution is -0.139. The van der Waals surface area contributed by atoms with Gasteiger partial charge in [0.05, 0.1) is 56.8 Å². The maximum atomic E-state index is 13.0. The van der Waals surface area contributed by atoms with Crippen molar-refractivity contribution >= 4 is 45.8 Å². The third kappa shape index (κ3) is 7.09. The standard InChI is InChI=1S/C33H35N3O9S/c1-5-7-8-13-43-29-17-26-23(16-28(29)41-4)31(22-11-10-21(40-3)15-27(22)44-19-30(37)38)32(45-33(39)42-6-2)36(26)18-20-9-12-24-25(14-20)35-46-34-24/h9-12,14-17H,5-8,13,18-19H2,1-4H3,(H,37,38). The topological polar surface area (TPSA) is 140 Å². The van der Waals surface area contributed by atoms with Crippen molar-refractivity contribution in [2.45, 2.75) is 39.7 Å². The summed E-state index contributed by atoms with van der Waals surface area (Å²) in [5, 5.41) is 10.1. The van der Waals surface area contributed by atoms with Gasteiger partial charge in [-0.1, -0.05) is 25.8 Å². The van der Waals surface area contributed by atoms with Crippen LogP contribution in [0.2, 0.25) is 0 Å². The average molecular weight is 650 g/mol. The second-order valence-corrected chi connectivity index (χ2v) is 10.8. The van der Waals surface area contributed by atoms with Crippen LogP contribution < -0.4 is 23.7 Å². The van der Waals surface area contributed by atoms with Gasteiger partial charge in [0.15, 0.2) is 18.1 Å². The zero-order valence-electron chi connectivity index (χ0n) is 26.0. The minimum Gasteiger partial charge on any atom is -0.497 e. The van der Waals surface area contributed by atoms with Crippen molar-refractivity contribution in [3.05, 3.63) is 54.1 Å². The predicted molar refractivity (Wildman–Crippen MR) is 173 cm³/mol. The van der Waals surface area contributed by atoms with Crippen LogP contribution in [0.15, 0.2) is 48.5 Å². The number of methoxy groups -OCH3 is 2. The number of aliphatic carboxylic acids is 1. The molecule has 0 aliphatic rings. The first-order valence-electron chi connectivity index (χ1n) is 14.8. The Balaban J connectivity index is 1.78. The van der Waals surface area contributed by atoms with Crippen molar-refractivity contribution in [2.24, 2.45) is 0 Å². The molecule has 0 saturated heterocycles. The molecular weight excluding hydrogens is 614 g/mol. The molecule has 1 N–H and O–H groups in total. The molecular formula is C33H35N3O9S. The van der Waals surface area contributed by atoms with E-state index in [4.69, 9.17) is 28.4 Å². The molecule has 0 fully saturated rings. The first-order chi connectivity index (χ1) is 22.4. The Labute approximate surface area is 269 Å². The van der Waals surface area contributed by atoms with E-state index in [9.17, 15) is 14.7 Å². The molecule has 12 nitrogen and oxygen atoms in total. The Kier molecular flexibility index (Phi) is 10.4. The summed E-state index contributed by atoms with van der Waals surface area (Å²) in [7, 11) is 3.05. The van der Waals surface area contributed by atoms with Crippen LogP contribution in [0, 0.1) is 0 Å². The number of nitrogens with zero attached hydrogens (tertiary/aromatic N) is 3. The number of carbonyl (C=O) groups is 2. The second-order valence-electron chi connectivity index (χ2n) is 10.3. The quantitative estimate of drug-likeness (QED) is 0.0931. The highest BCUT2D eigenvalue weighted by Crippen LogP contribution is 2.48. The van der Waals surface area contributed by atoms with E-state index in [2.05, 4.69) is 15.7 Å². The molecule has 0 amide bonds. The van der Waals surface area contributed by atoms with Gasteiger partial charge in [-0.2, -0.15) is 8.75 Å². The first-order valence-corrected chi connectivity index (χ1v) is 15.6. The summed E-state index contributed by atoms with van der Waals surface area (Å²) in [5.41, 5.74) is 3.97. The van der Waals surface area contributed by atoms with Gasteiger partial charge in [-0.05, 0) is 49.2 Å². The smallest absolute Gasteiger partial charge is 0.497 e. The minimum absolute atomic E-state index is 0.0982. The van der Waals surface area contributed by atoms with Crippen LogP contribution in [0.25, 0.3) is 33.1 Å². The van der Waals surface area contributed by atoms with E-state index in [1.807, 2.05) is 34.9 Å². The summed E-state index contributed by atoms with van der Waals surface area (Å²) in [6.45, 7) is 4.06. The largest absolute Gasteiger partial charge is 0.515 e. The van der Waals surface area contributed by atoms with Gasteiger partial charge in [0.1, 0.15) is 22.5 Å². The molecule has 2 heterocycles. The maximum absolute atomic E-state index is 13.0. The van der Waals surface area contributed by atoms with Gasteiger partial charge in [-0.25, -0.2) is 9.59 Å². The molecule has 0 bridgehead atoms. The number of carbonyl (C=O) groups excluding carboxylic acids is 1. The molecule has 0 aliphatic heterocycles. The zero-order valence-corrected chi connectivity index (χ0v) is 26.8. The summed E-state index contributed by atoms with van der Waals surface area (Å²) < 4.78 is 44.8. The number of ether oxygens (including phenoxy) is 6. The number of hydrogen-bond donors (Lipinski definition) is 1. The maximum Gasteiger partial charge on any atom is 0.515 e. The highest BCUT2D eigenvalue weighted by molar-refractivity contribution is 7.00.